The van der Waals surface area contributed by atoms with Crippen molar-refractivity contribution in [2.45, 2.75) is 25.5 Å². The van der Waals surface area contributed by atoms with E-state index in [1.54, 1.807) is 12.1 Å². The van der Waals surface area contributed by atoms with Crippen LogP contribution >= 0.6 is 0 Å². The van der Waals surface area contributed by atoms with Crippen LogP contribution in [0, 0.1) is 5.82 Å². The molecule has 0 aliphatic carbocycles. The van der Waals surface area contributed by atoms with Gasteiger partial charge in [-0.3, -0.25) is 10.1 Å². The summed E-state index contributed by atoms with van der Waals surface area (Å²) in [6.45, 7) is 1.46. The van der Waals surface area contributed by atoms with Crippen molar-refractivity contribution in [2.24, 2.45) is 5.73 Å². The number of aliphatic carboxylic acids is 1. The molecule has 0 saturated carbocycles. The van der Waals surface area contributed by atoms with Crippen LogP contribution in [0.2, 0.25) is 0 Å². The van der Waals surface area contributed by atoms with Crippen molar-refractivity contribution in [1.82, 2.24) is 0 Å². The van der Waals surface area contributed by atoms with E-state index < -0.39 is 29.8 Å². The van der Waals surface area contributed by atoms with Crippen LogP contribution in [0.3, 0.4) is 0 Å². The van der Waals surface area contributed by atoms with Crippen molar-refractivity contribution in [3.05, 3.63) is 65.5 Å². The first kappa shape index (κ1) is 18.4. The van der Waals surface area contributed by atoms with Crippen molar-refractivity contribution in [1.29, 1.82) is 0 Å². The molecule has 132 valence electrons. The van der Waals surface area contributed by atoms with Crippen LogP contribution < -0.4 is 11.1 Å². The highest BCUT2D eigenvalue weighted by Crippen LogP contribution is 2.28. The molecule has 0 aliphatic rings. The molecule has 25 heavy (non-hydrogen) atoms. The molecule has 0 aromatic heterocycles. The lowest BCUT2D eigenvalue weighted by Gasteiger charge is -2.24. The summed E-state index contributed by atoms with van der Waals surface area (Å²) in [6.07, 6.45) is -1.27. The number of hydrogen-bond donors (Lipinski definition) is 3. The van der Waals surface area contributed by atoms with E-state index >= 15 is 0 Å². The Morgan fingerprint density at radius 3 is 2.52 bits per heavy atom. The molecule has 0 saturated heterocycles. The topological polar surface area (TPSA) is 102 Å². The van der Waals surface area contributed by atoms with Crippen LogP contribution in [0.15, 0.2) is 48.5 Å². The van der Waals surface area contributed by atoms with E-state index in [0.29, 0.717) is 0 Å². The first-order chi connectivity index (χ1) is 11.8. The van der Waals surface area contributed by atoms with Crippen molar-refractivity contribution >= 4 is 17.7 Å². The number of nitrogens with one attached hydrogen (secondary N) is 1. The SMILES string of the molecule is CC(N)(CC(=O)O)c1cccc(NC(=O)OCc2ccccc2)c1F. The molecular weight excluding hydrogens is 327 g/mol. The third-order valence-corrected chi connectivity index (χ3v) is 3.58. The van der Waals surface area contributed by atoms with Crippen LogP contribution in [0.25, 0.3) is 0 Å². The van der Waals surface area contributed by atoms with Gasteiger partial charge in [0.25, 0.3) is 0 Å². The van der Waals surface area contributed by atoms with Crippen molar-refractivity contribution in [3.63, 3.8) is 0 Å². The molecule has 6 nitrogen and oxygen atoms in total. The largest absolute Gasteiger partial charge is 0.481 e. The molecule has 0 radical (unpaired) electrons. The molecule has 0 aliphatic heterocycles. The lowest BCUT2D eigenvalue weighted by atomic mass is 9.89. The summed E-state index contributed by atoms with van der Waals surface area (Å²) in [7, 11) is 0. The summed E-state index contributed by atoms with van der Waals surface area (Å²) in [6, 6.07) is 13.3. The fourth-order valence-electron chi connectivity index (χ4n) is 2.35. The summed E-state index contributed by atoms with van der Waals surface area (Å²) >= 11 is 0. The van der Waals surface area contributed by atoms with Gasteiger partial charge in [0.2, 0.25) is 0 Å². The fraction of sp³-hybridized carbons (Fsp3) is 0.222. The van der Waals surface area contributed by atoms with Gasteiger partial charge in [-0.05, 0) is 18.6 Å². The summed E-state index contributed by atoms with van der Waals surface area (Å²) in [5, 5.41) is 11.2. The maximum atomic E-state index is 14.6. The number of anilines is 1. The van der Waals surface area contributed by atoms with Gasteiger partial charge in [0.1, 0.15) is 6.61 Å². The molecular formula is C18H19FN2O4. The molecule has 0 bridgehead atoms. The zero-order chi connectivity index (χ0) is 18.4. The monoisotopic (exact) mass is 346 g/mol. The first-order valence-electron chi connectivity index (χ1n) is 7.57. The third-order valence-electron chi connectivity index (χ3n) is 3.58. The second-order valence-corrected chi connectivity index (χ2v) is 5.84. The molecule has 1 amide bonds. The Morgan fingerprint density at radius 1 is 1.20 bits per heavy atom. The van der Waals surface area contributed by atoms with Crippen LogP contribution in [0.1, 0.15) is 24.5 Å². The standard InChI is InChI=1S/C18H19FN2O4/c1-18(20,10-15(22)23)13-8-5-9-14(16(13)19)21-17(24)25-11-12-6-3-2-4-7-12/h2-9H,10-11,20H2,1H3,(H,21,24)(H,22,23). The first-order valence-corrected chi connectivity index (χ1v) is 7.57. The Labute approximate surface area is 144 Å². The summed E-state index contributed by atoms with van der Waals surface area (Å²) in [4.78, 5) is 22.7. The molecule has 0 heterocycles. The van der Waals surface area contributed by atoms with Gasteiger partial charge in [-0.25, -0.2) is 9.18 Å². The third kappa shape index (κ3) is 5.02. The minimum atomic E-state index is -1.42. The molecule has 0 fully saturated rings. The molecule has 2 aromatic rings. The van der Waals surface area contributed by atoms with Gasteiger partial charge in [0, 0.05) is 5.56 Å². The number of halogens is 1. The number of hydrogen-bond acceptors (Lipinski definition) is 4. The number of amides is 1. The zero-order valence-corrected chi connectivity index (χ0v) is 13.7. The average molecular weight is 346 g/mol. The Bertz CT molecular complexity index is 763. The normalized spacial score (nSPS) is 12.9. The molecule has 4 N–H and O–H groups in total. The highest BCUT2D eigenvalue weighted by Gasteiger charge is 2.29. The number of carboxylic acid groups (broad SMARTS) is 1. The number of carbonyl (C=O) groups is 2. The smallest absolute Gasteiger partial charge is 0.412 e. The summed E-state index contributed by atoms with van der Waals surface area (Å²) in [5.41, 5.74) is 5.16. The van der Waals surface area contributed by atoms with Gasteiger partial charge in [0.15, 0.2) is 5.82 Å². The average Bonchev–Trinajstić information content (AvgIpc) is 2.54. The Hall–Kier alpha value is -2.93. The second-order valence-electron chi connectivity index (χ2n) is 5.84. The van der Waals surface area contributed by atoms with Crippen LogP contribution in [-0.4, -0.2) is 17.2 Å². The van der Waals surface area contributed by atoms with Gasteiger partial charge in [-0.15, -0.1) is 0 Å². The summed E-state index contributed by atoms with van der Waals surface area (Å²) in [5.74, 6) is -1.93. The molecule has 2 aromatic carbocycles. The lowest BCUT2D eigenvalue weighted by Crippen LogP contribution is -2.36. The van der Waals surface area contributed by atoms with Crippen LogP contribution in [0.5, 0.6) is 0 Å². The predicted octanol–water partition coefficient (Wildman–Crippen LogP) is 3.22. The molecule has 0 spiro atoms. The highest BCUT2D eigenvalue weighted by molar-refractivity contribution is 5.85. The van der Waals surface area contributed by atoms with E-state index in [2.05, 4.69) is 5.32 Å². The number of nitrogens with two attached hydrogens (primary N) is 1. The van der Waals surface area contributed by atoms with Gasteiger partial charge in [0.05, 0.1) is 17.6 Å². The maximum absolute atomic E-state index is 14.6. The molecule has 1 atom stereocenters. The van der Waals surface area contributed by atoms with E-state index in [9.17, 15) is 14.0 Å². The van der Waals surface area contributed by atoms with Crippen molar-refractivity contribution < 1.29 is 23.8 Å². The van der Waals surface area contributed by atoms with E-state index in [1.807, 2.05) is 18.2 Å². The van der Waals surface area contributed by atoms with Crippen LogP contribution in [-0.2, 0) is 21.7 Å². The van der Waals surface area contributed by atoms with Crippen LogP contribution in [0.4, 0.5) is 14.9 Å². The number of carbonyl (C=O) groups excluding carboxylic acids is 1. The minimum absolute atomic E-state index is 0.00393. The van der Waals surface area contributed by atoms with Gasteiger partial charge in [-0.2, -0.15) is 0 Å². The second kappa shape index (κ2) is 7.76. The number of rotatable bonds is 6. The summed E-state index contributed by atoms with van der Waals surface area (Å²) < 4.78 is 19.6. The molecule has 2 rings (SSSR count). The molecule has 7 heteroatoms. The van der Waals surface area contributed by atoms with E-state index in [-0.39, 0.29) is 17.9 Å². The number of ether oxygens (including phenoxy) is 1. The van der Waals surface area contributed by atoms with E-state index in [1.165, 1.54) is 25.1 Å². The Morgan fingerprint density at radius 2 is 1.88 bits per heavy atom. The fourth-order valence-corrected chi connectivity index (χ4v) is 2.35. The maximum Gasteiger partial charge on any atom is 0.412 e. The van der Waals surface area contributed by atoms with Crippen molar-refractivity contribution in [2.75, 3.05) is 5.32 Å². The lowest BCUT2D eigenvalue weighted by molar-refractivity contribution is -0.138. The predicted molar refractivity (Wildman–Crippen MR) is 90.4 cm³/mol. The minimum Gasteiger partial charge on any atom is -0.481 e. The number of carboxylic acids is 1. The molecule has 1 unspecified atom stereocenters. The van der Waals surface area contributed by atoms with E-state index in [0.717, 1.165) is 5.56 Å². The highest BCUT2D eigenvalue weighted by atomic mass is 19.1. The van der Waals surface area contributed by atoms with Gasteiger partial charge in [-0.1, -0.05) is 42.5 Å². The number of benzene rings is 2. The van der Waals surface area contributed by atoms with Gasteiger partial charge < -0.3 is 15.6 Å². The zero-order valence-electron chi connectivity index (χ0n) is 13.7. The van der Waals surface area contributed by atoms with E-state index in [4.69, 9.17) is 15.6 Å². The Balaban J connectivity index is 2.08. The Kier molecular flexibility index (Phi) is 5.71. The van der Waals surface area contributed by atoms with Gasteiger partial charge >= 0.3 is 12.1 Å². The van der Waals surface area contributed by atoms with Crippen molar-refractivity contribution in [3.8, 4) is 0 Å². The quantitative estimate of drug-likeness (QED) is 0.745.